The minimum atomic E-state index is -0.922. The lowest BCUT2D eigenvalue weighted by molar-refractivity contribution is 0.0169. The van der Waals surface area contributed by atoms with Crippen LogP contribution in [0.5, 0.6) is 0 Å². The summed E-state index contributed by atoms with van der Waals surface area (Å²) in [4.78, 5) is 17.2. The van der Waals surface area contributed by atoms with E-state index in [4.69, 9.17) is 26.0 Å². The number of hydroxylamine groups is 1. The van der Waals surface area contributed by atoms with Crippen LogP contribution >= 0.6 is 27.5 Å². The quantitative estimate of drug-likeness (QED) is 0.371. The molecule has 6 nitrogen and oxygen atoms in total. The van der Waals surface area contributed by atoms with Crippen molar-refractivity contribution in [3.05, 3.63) is 57.2 Å². The highest BCUT2D eigenvalue weighted by Crippen LogP contribution is 2.36. The number of hydrogen-bond donors (Lipinski definition) is 3. The molecule has 1 heterocycles. The van der Waals surface area contributed by atoms with Gasteiger partial charge in [0.2, 0.25) is 0 Å². The number of nitrogens with one attached hydrogen (secondary N) is 2. The Morgan fingerprint density at radius 3 is 2.81 bits per heavy atom. The highest BCUT2D eigenvalue weighted by Gasteiger charge is 2.23. The summed E-state index contributed by atoms with van der Waals surface area (Å²) in [6.07, 6.45) is 1.13. The molecule has 1 amide bonds. The molecule has 142 valence electrons. The van der Waals surface area contributed by atoms with Crippen LogP contribution in [0.4, 0.5) is 20.2 Å². The number of rotatable bonds is 6. The molecule has 3 rings (SSSR count). The van der Waals surface area contributed by atoms with Gasteiger partial charge in [0, 0.05) is 9.86 Å². The van der Waals surface area contributed by atoms with Crippen molar-refractivity contribution in [2.24, 2.45) is 0 Å². The van der Waals surface area contributed by atoms with Crippen LogP contribution in [0.15, 0.2) is 39.4 Å². The van der Waals surface area contributed by atoms with Crippen LogP contribution < -0.4 is 10.8 Å². The minimum Gasteiger partial charge on any atom is -0.460 e. The van der Waals surface area contributed by atoms with Crippen LogP contribution in [0.25, 0.3) is 11.0 Å². The predicted octanol–water partition coefficient (Wildman–Crippen LogP) is 4.52. The largest absolute Gasteiger partial charge is 0.460 e. The first-order chi connectivity index (χ1) is 12.9. The summed E-state index contributed by atoms with van der Waals surface area (Å²) in [7, 11) is 0. The van der Waals surface area contributed by atoms with Crippen molar-refractivity contribution >= 4 is 55.8 Å². The summed E-state index contributed by atoms with van der Waals surface area (Å²) < 4.78 is 34.7. The van der Waals surface area contributed by atoms with Gasteiger partial charge in [0.25, 0.3) is 5.91 Å². The molecule has 3 N–H and O–H groups in total. The summed E-state index contributed by atoms with van der Waals surface area (Å²) in [6.45, 7) is -0.483. The Labute approximate surface area is 165 Å². The van der Waals surface area contributed by atoms with Gasteiger partial charge in [-0.05, 0) is 24.3 Å². The Balaban J connectivity index is 2.09. The van der Waals surface area contributed by atoms with Gasteiger partial charge in [-0.1, -0.05) is 27.5 Å². The molecule has 0 aliphatic carbocycles. The van der Waals surface area contributed by atoms with Gasteiger partial charge in [0.15, 0.2) is 11.4 Å². The molecular formula is C17H12BrClF2N2O4. The fraction of sp³-hybridized carbons (Fsp3) is 0.118. The average molecular weight is 462 g/mol. The lowest BCUT2D eigenvalue weighted by atomic mass is 10.1. The third-order valence-electron chi connectivity index (χ3n) is 3.55. The normalized spacial score (nSPS) is 11.0. The maximum atomic E-state index is 15.0. The molecule has 0 aliphatic rings. The molecule has 3 aromatic rings. The molecular weight excluding hydrogens is 450 g/mol. The number of furan rings is 1. The second-order valence-electron chi connectivity index (χ2n) is 5.33. The second-order valence-corrected chi connectivity index (χ2v) is 6.65. The fourth-order valence-corrected chi connectivity index (χ4v) is 2.86. The Hall–Kier alpha value is -2.20. The zero-order chi connectivity index (χ0) is 19.6. The number of hydrogen-bond acceptors (Lipinski definition) is 5. The first-order valence-electron chi connectivity index (χ1n) is 7.56. The van der Waals surface area contributed by atoms with Crippen molar-refractivity contribution in [2.45, 2.75) is 0 Å². The first kappa shape index (κ1) is 19.6. The molecule has 2 aromatic carbocycles. The SMILES string of the molecule is O=C(NOCCO)c1cc2c(Cl)coc2c(F)c1Nc1ccc(Br)cc1F. The second kappa shape index (κ2) is 8.22. The highest BCUT2D eigenvalue weighted by molar-refractivity contribution is 9.10. The topological polar surface area (TPSA) is 83.7 Å². The molecule has 0 bridgehead atoms. The molecule has 0 aliphatic heterocycles. The van der Waals surface area contributed by atoms with E-state index in [2.05, 4.69) is 26.7 Å². The van der Waals surface area contributed by atoms with E-state index in [9.17, 15) is 13.6 Å². The summed E-state index contributed by atoms with van der Waals surface area (Å²) >= 11 is 9.09. The van der Waals surface area contributed by atoms with Crippen molar-refractivity contribution in [1.82, 2.24) is 5.48 Å². The zero-order valence-corrected chi connectivity index (χ0v) is 15.8. The molecule has 0 radical (unpaired) electrons. The third-order valence-corrected chi connectivity index (χ3v) is 4.34. The average Bonchev–Trinajstić information content (AvgIpc) is 3.00. The lowest BCUT2D eigenvalue weighted by Crippen LogP contribution is -2.26. The van der Waals surface area contributed by atoms with Gasteiger partial charge in [0.05, 0.1) is 35.2 Å². The first-order valence-corrected chi connectivity index (χ1v) is 8.73. The molecule has 0 saturated carbocycles. The Morgan fingerprint density at radius 2 is 2.11 bits per heavy atom. The molecule has 0 spiro atoms. The number of fused-ring (bicyclic) bond motifs is 1. The van der Waals surface area contributed by atoms with E-state index in [-0.39, 0.29) is 46.1 Å². The van der Waals surface area contributed by atoms with Crippen molar-refractivity contribution in [1.29, 1.82) is 0 Å². The zero-order valence-electron chi connectivity index (χ0n) is 13.5. The van der Waals surface area contributed by atoms with Crippen molar-refractivity contribution in [2.75, 3.05) is 18.5 Å². The van der Waals surface area contributed by atoms with E-state index >= 15 is 0 Å². The smallest absolute Gasteiger partial charge is 0.277 e. The maximum absolute atomic E-state index is 15.0. The number of amides is 1. The third kappa shape index (κ3) is 4.06. The molecule has 1 aromatic heterocycles. The minimum absolute atomic E-state index is 0.0561. The number of benzene rings is 2. The molecule has 0 fully saturated rings. The molecule has 0 atom stereocenters. The van der Waals surface area contributed by atoms with E-state index in [1.807, 2.05) is 0 Å². The Morgan fingerprint density at radius 1 is 1.33 bits per heavy atom. The van der Waals surface area contributed by atoms with Gasteiger partial charge < -0.3 is 14.8 Å². The van der Waals surface area contributed by atoms with E-state index in [1.165, 1.54) is 18.2 Å². The van der Waals surface area contributed by atoms with Crippen LogP contribution in [-0.2, 0) is 4.84 Å². The van der Waals surface area contributed by atoms with E-state index in [0.29, 0.717) is 4.47 Å². The number of halogens is 4. The van der Waals surface area contributed by atoms with E-state index < -0.39 is 17.5 Å². The molecule has 27 heavy (non-hydrogen) atoms. The van der Waals surface area contributed by atoms with Gasteiger partial charge in [-0.15, -0.1) is 0 Å². The van der Waals surface area contributed by atoms with Crippen LogP contribution in [0, 0.1) is 11.6 Å². The van der Waals surface area contributed by atoms with E-state index in [1.54, 1.807) is 6.07 Å². The number of anilines is 2. The summed E-state index contributed by atoms with van der Waals surface area (Å²) in [6, 6.07) is 5.41. The van der Waals surface area contributed by atoms with E-state index in [0.717, 1.165) is 6.26 Å². The van der Waals surface area contributed by atoms with Gasteiger partial charge in [0.1, 0.15) is 12.1 Å². The van der Waals surface area contributed by atoms with Crippen LogP contribution in [-0.4, -0.2) is 24.2 Å². The monoisotopic (exact) mass is 460 g/mol. The summed E-state index contributed by atoms with van der Waals surface area (Å²) in [5.41, 5.74) is 1.32. The number of aliphatic hydroxyl groups excluding tert-OH is 1. The fourth-order valence-electron chi connectivity index (χ4n) is 2.34. The number of aliphatic hydroxyl groups is 1. The van der Waals surface area contributed by atoms with Crippen LogP contribution in [0.2, 0.25) is 5.02 Å². The van der Waals surface area contributed by atoms with Gasteiger partial charge in [-0.2, -0.15) is 0 Å². The number of carbonyl (C=O) groups is 1. The molecule has 0 unspecified atom stereocenters. The summed E-state index contributed by atoms with van der Waals surface area (Å²) in [5.74, 6) is -2.40. The number of carbonyl (C=O) groups excluding carboxylic acids is 1. The van der Waals surface area contributed by atoms with Crippen molar-refractivity contribution in [3.8, 4) is 0 Å². The van der Waals surface area contributed by atoms with Crippen LogP contribution in [0.1, 0.15) is 10.4 Å². The Kier molecular flexibility index (Phi) is 5.95. The lowest BCUT2D eigenvalue weighted by Gasteiger charge is -2.14. The van der Waals surface area contributed by atoms with Gasteiger partial charge in [-0.3, -0.25) is 9.63 Å². The summed E-state index contributed by atoms with van der Waals surface area (Å²) in [5, 5.41) is 11.6. The standard InChI is InChI=1S/C17H12BrClF2N2O4/c18-8-1-2-13(12(20)5-8)22-15-10(17(25)23-27-4-3-24)6-9-11(19)7-26-16(9)14(15)21/h1-2,5-7,22,24H,3-4H2,(H,23,25). The highest BCUT2D eigenvalue weighted by atomic mass is 79.9. The molecule has 10 heteroatoms. The van der Waals surface area contributed by atoms with Crippen molar-refractivity contribution in [3.63, 3.8) is 0 Å². The van der Waals surface area contributed by atoms with Gasteiger partial charge in [-0.25, -0.2) is 14.3 Å². The maximum Gasteiger partial charge on any atom is 0.277 e. The van der Waals surface area contributed by atoms with Crippen molar-refractivity contribution < 1.29 is 27.9 Å². The van der Waals surface area contributed by atoms with Gasteiger partial charge >= 0.3 is 0 Å². The predicted molar refractivity (Wildman–Crippen MR) is 99.1 cm³/mol. The Bertz CT molecular complexity index is 1010. The molecule has 0 saturated heterocycles. The van der Waals surface area contributed by atoms with Crippen LogP contribution in [0.3, 0.4) is 0 Å².